The normalized spacial score (nSPS) is 25.4. The van der Waals surface area contributed by atoms with Crippen molar-refractivity contribution in [1.29, 1.82) is 0 Å². The summed E-state index contributed by atoms with van der Waals surface area (Å²) in [6.07, 6.45) is 6.12. The van der Waals surface area contributed by atoms with E-state index in [0.717, 1.165) is 19.4 Å². The van der Waals surface area contributed by atoms with E-state index in [1.54, 1.807) is 13.1 Å². The molecule has 2 aliphatic rings. The molecule has 0 radical (unpaired) electrons. The number of aromatic nitrogens is 1. The van der Waals surface area contributed by atoms with Crippen LogP contribution in [0, 0.1) is 0 Å². The molecule has 0 spiro atoms. The van der Waals surface area contributed by atoms with Crippen molar-refractivity contribution in [2.24, 2.45) is 0 Å². The highest BCUT2D eigenvalue weighted by molar-refractivity contribution is 6.33. The Morgan fingerprint density at radius 3 is 3.10 bits per heavy atom. The van der Waals surface area contributed by atoms with E-state index in [9.17, 15) is 4.79 Å². The highest BCUT2D eigenvalue weighted by atomic mass is 35.5. The minimum absolute atomic E-state index is 0.102. The molecular weight excluding hydrogens is 288 g/mol. The molecular formula is C15H21ClN4O. The highest BCUT2D eigenvalue weighted by Gasteiger charge is 2.32. The smallest absolute Gasteiger partial charge is 0.253 e. The van der Waals surface area contributed by atoms with Crippen LogP contribution in [0.25, 0.3) is 0 Å². The summed E-state index contributed by atoms with van der Waals surface area (Å²) in [5.74, 6) is 0.547. The van der Waals surface area contributed by atoms with E-state index in [4.69, 9.17) is 11.6 Å². The second-order valence-electron chi connectivity index (χ2n) is 5.83. The molecule has 0 aromatic carbocycles. The third-order valence-electron chi connectivity index (χ3n) is 4.51. The number of piperidine rings is 1. The number of hydrogen-bond donors (Lipinski definition) is 2. The summed E-state index contributed by atoms with van der Waals surface area (Å²) < 4.78 is 0. The van der Waals surface area contributed by atoms with Crippen molar-refractivity contribution in [3.8, 4) is 0 Å². The number of nitrogens with zero attached hydrogens (tertiary/aromatic N) is 2. The highest BCUT2D eigenvalue weighted by Crippen LogP contribution is 2.27. The maximum atomic E-state index is 12.4. The van der Waals surface area contributed by atoms with Crippen LogP contribution >= 0.6 is 11.6 Å². The minimum Gasteiger partial charge on any atom is -0.373 e. The van der Waals surface area contributed by atoms with Crippen molar-refractivity contribution < 1.29 is 4.79 Å². The zero-order chi connectivity index (χ0) is 14.8. The molecule has 21 heavy (non-hydrogen) atoms. The third kappa shape index (κ3) is 3.14. The molecule has 114 valence electrons. The fourth-order valence-corrected chi connectivity index (χ4v) is 3.56. The summed E-state index contributed by atoms with van der Waals surface area (Å²) in [4.78, 5) is 19.1. The lowest BCUT2D eigenvalue weighted by Crippen LogP contribution is -2.47. The van der Waals surface area contributed by atoms with E-state index in [2.05, 4.69) is 20.5 Å². The molecule has 2 unspecified atom stereocenters. The second-order valence-corrected chi connectivity index (χ2v) is 6.23. The fourth-order valence-electron chi connectivity index (χ4n) is 3.37. The van der Waals surface area contributed by atoms with Gasteiger partial charge >= 0.3 is 0 Å². The first kappa shape index (κ1) is 14.6. The first-order chi connectivity index (χ1) is 10.2. The number of rotatable bonds is 3. The minimum atomic E-state index is -0.102. The molecule has 3 rings (SSSR count). The maximum absolute atomic E-state index is 12.4. The molecule has 6 heteroatoms. The monoisotopic (exact) mass is 308 g/mol. The zero-order valence-corrected chi connectivity index (χ0v) is 13.0. The largest absolute Gasteiger partial charge is 0.373 e. The predicted octanol–water partition coefficient (Wildman–Crippen LogP) is 2.13. The Morgan fingerprint density at radius 2 is 2.29 bits per heavy atom. The molecule has 0 bridgehead atoms. The van der Waals surface area contributed by atoms with Crippen molar-refractivity contribution in [3.05, 3.63) is 22.8 Å². The molecule has 2 saturated heterocycles. The average Bonchev–Trinajstić information content (AvgIpc) is 2.95. The zero-order valence-electron chi connectivity index (χ0n) is 12.2. The number of anilines is 1. The summed E-state index contributed by atoms with van der Waals surface area (Å²) >= 11 is 6.10. The fraction of sp³-hybridized carbons (Fsp3) is 0.600. The number of amides is 1. The summed E-state index contributed by atoms with van der Waals surface area (Å²) in [6, 6.07) is 2.59. The van der Waals surface area contributed by atoms with Crippen LogP contribution in [-0.4, -0.2) is 48.0 Å². The van der Waals surface area contributed by atoms with Crippen LogP contribution in [0.2, 0.25) is 5.02 Å². The Kier molecular flexibility index (Phi) is 4.31. The van der Waals surface area contributed by atoms with E-state index in [1.165, 1.54) is 25.6 Å². The lowest BCUT2D eigenvalue weighted by Gasteiger charge is -2.35. The molecule has 0 saturated carbocycles. The number of halogens is 1. The second kappa shape index (κ2) is 6.20. The molecule has 2 atom stereocenters. The standard InChI is InChI=1S/C15H21ClN4O/c1-17-14-8-12(13(16)9-18-14)15(21)19-10-4-6-20-5-2-3-11(20)7-10/h8-11H,2-7H2,1H3,(H,17,18)(H,19,21). The van der Waals surface area contributed by atoms with Gasteiger partial charge in [-0.3, -0.25) is 4.79 Å². The van der Waals surface area contributed by atoms with Gasteiger partial charge in [-0.1, -0.05) is 11.6 Å². The van der Waals surface area contributed by atoms with Gasteiger partial charge in [-0.15, -0.1) is 0 Å². The number of pyridine rings is 1. The first-order valence-corrected chi connectivity index (χ1v) is 7.93. The van der Waals surface area contributed by atoms with Crippen LogP contribution in [-0.2, 0) is 0 Å². The van der Waals surface area contributed by atoms with Crippen molar-refractivity contribution in [1.82, 2.24) is 15.2 Å². The SMILES string of the molecule is CNc1cc(C(=O)NC2CCN3CCCC3C2)c(Cl)cn1. The summed E-state index contributed by atoms with van der Waals surface area (Å²) in [5.41, 5.74) is 0.491. The van der Waals surface area contributed by atoms with Crippen molar-refractivity contribution >= 4 is 23.3 Å². The molecule has 2 fully saturated rings. The number of carbonyl (C=O) groups is 1. The van der Waals surface area contributed by atoms with E-state index >= 15 is 0 Å². The van der Waals surface area contributed by atoms with Gasteiger partial charge in [0.05, 0.1) is 10.6 Å². The molecule has 1 aromatic rings. The molecule has 2 aliphatic heterocycles. The average molecular weight is 309 g/mol. The van der Waals surface area contributed by atoms with Gasteiger partial charge < -0.3 is 15.5 Å². The van der Waals surface area contributed by atoms with Crippen LogP contribution in [0.3, 0.4) is 0 Å². The Hall–Kier alpha value is -1.33. The number of hydrogen-bond acceptors (Lipinski definition) is 4. The van der Waals surface area contributed by atoms with Gasteiger partial charge in [0.25, 0.3) is 5.91 Å². The van der Waals surface area contributed by atoms with Gasteiger partial charge in [0, 0.05) is 31.9 Å². The number of nitrogens with one attached hydrogen (secondary N) is 2. The van der Waals surface area contributed by atoms with Crippen LogP contribution in [0.1, 0.15) is 36.0 Å². The van der Waals surface area contributed by atoms with Gasteiger partial charge in [0.2, 0.25) is 0 Å². The van der Waals surface area contributed by atoms with E-state index in [1.807, 2.05) is 0 Å². The van der Waals surface area contributed by atoms with Crippen molar-refractivity contribution in [3.63, 3.8) is 0 Å². The van der Waals surface area contributed by atoms with E-state index < -0.39 is 0 Å². The van der Waals surface area contributed by atoms with Gasteiger partial charge in [0.1, 0.15) is 5.82 Å². The molecule has 1 aromatic heterocycles. The molecule has 2 N–H and O–H groups in total. The number of fused-ring (bicyclic) bond motifs is 1. The lowest BCUT2D eigenvalue weighted by molar-refractivity contribution is 0.0896. The number of carbonyl (C=O) groups excluding carboxylic acids is 1. The Labute approximate surface area is 130 Å². The van der Waals surface area contributed by atoms with Gasteiger partial charge in [-0.2, -0.15) is 0 Å². The van der Waals surface area contributed by atoms with Crippen LogP contribution in [0.4, 0.5) is 5.82 Å². The van der Waals surface area contributed by atoms with Crippen LogP contribution < -0.4 is 10.6 Å². The topological polar surface area (TPSA) is 57.3 Å². The predicted molar refractivity (Wildman–Crippen MR) is 83.9 cm³/mol. The Balaban J connectivity index is 1.66. The third-order valence-corrected chi connectivity index (χ3v) is 4.81. The van der Waals surface area contributed by atoms with Crippen molar-refractivity contribution in [2.75, 3.05) is 25.5 Å². The molecule has 5 nitrogen and oxygen atoms in total. The van der Waals surface area contributed by atoms with Gasteiger partial charge in [-0.05, 0) is 38.3 Å². The van der Waals surface area contributed by atoms with E-state index in [-0.39, 0.29) is 11.9 Å². The molecule has 1 amide bonds. The van der Waals surface area contributed by atoms with Crippen LogP contribution in [0.15, 0.2) is 12.3 Å². The Morgan fingerprint density at radius 1 is 1.43 bits per heavy atom. The summed E-state index contributed by atoms with van der Waals surface area (Å²) in [6.45, 7) is 2.30. The van der Waals surface area contributed by atoms with E-state index in [0.29, 0.717) is 22.4 Å². The lowest BCUT2D eigenvalue weighted by atomic mass is 9.97. The summed E-state index contributed by atoms with van der Waals surface area (Å²) in [5, 5.41) is 6.45. The summed E-state index contributed by atoms with van der Waals surface area (Å²) in [7, 11) is 1.77. The van der Waals surface area contributed by atoms with Gasteiger partial charge in [-0.25, -0.2) is 4.98 Å². The molecule has 0 aliphatic carbocycles. The maximum Gasteiger partial charge on any atom is 0.253 e. The van der Waals surface area contributed by atoms with Crippen molar-refractivity contribution in [2.45, 2.75) is 37.8 Å². The first-order valence-electron chi connectivity index (χ1n) is 7.55. The quantitative estimate of drug-likeness (QED) is 0.898. The Bertz CT molecular complexity index is 536. The van der Waals surface area contributed by atoms with Gasteiger partial charge in [0.15, 0.2) is 0 Å². The molecule has 3 heterocycles. The van der Waals surface area contributed by atoms with Crippen LogP contribution in [0.5, 0.6) is 0 Å².